The molecule has 1 fully saturated rings. The molecule has 1 aliphatic rings. The lowest BCUT2D eigenvalue weighted by molar-refractivity contribution is -0.253. The fourth-order valence-corrected chi connectivity index (χ4v) is 1.49. The van der Waals surface area contributed by atoms with Crippen LogP contribution in [-0.2, 0) is 9.53 Å². The van der Waals surface area contributed by atoms with Crippen LogP contribution in [0.2, 0.25) is 0 Å². The fraction of sp³-hybridized carbons (Fsp3) is 0.875. The summed E-state index contributed by atoms with van der Waals surface area (Å²) in [5, 5.41) is 39.4. The van der Waals surface area contributed by atoms with Crippen molar-refractivity contribution in [2.75, 3.05) is 6.61 Å². The van der Waals surface area contributed by atoms with Crippen molar-refractivity contribution in [3.63, 3.8) is 0 Å². The summed E-state index contributed by atoms with van der Waals surface area (Å²) in [5.74, 6) is -0.462. The van der Waals surface area contributed by atoms with Gasteiger partial charge < -0.3 is 30.5 Å². The first-order valence-electron chi connectivity index (χ1n) is 4.55. The summed E-state index contributed by atoms with van der Waals surface area (Å²) < 4.78 is 4.81. The van der Waals surface area contributed by atoms with Crippen LogP contribution < -0.4 is 5.32 Å². The van der Waals surface area contributed by atoms with Gasteiger partial charge in [0.25, 0.3) is 0 Å². The van der Waals surface area contributed by atoms with Crippen LogP contribution in [0.15, 0.2) is 0 Å². The molecule has 7 heteroatoms. The molecule has 0 aromatic rings. The Morgan fingerprint density at radius 1 is 1.33 bits per heavy atom. The summed E-state index contributed by atoms with van der Waals surface area (Å²) in [7, 11) is 0. The maximum atomic E-state index is 10.7. The zero-order chi connectivity index (χ0) is 11.6. The standard InChI is InChI=1S/C8H15NO6/c1-3(11)9-5-7(13)6(12)4(2-10)15-8(5)14/h4-8,10,12-14H,2H2,1H3,(H,9,11)/t4?,5-,6-,7-,8-/m1/s1. The zero-order valence-electron chi connectivity index (χ0n) is 8.20. The molecule has 0 aromatic carbocycles. The minimum atomic E-state index is -1.45. The van der Waals surface area contributed by atoms with Gasteiger partial charge >= 0.3 is 0 Å². The number of hydrogen-bond donors (Lipinski definition) is 5. The van der Waals surface area contributed by atoms with Crippen molar-refractivity contribution < 1.29 is 30.0 Å². The number of carbonyl (C=O) groups is 1. The summed E-state index contributed by atoms with van der Waals surface area (Å²) in [6, 6.07) is -1.10. The molecule has 0 aromatic heterocycles. The molecule has 1 amide bonds. The number of amides is 1. The third-order valence-electron chi connectivity index (χ3n) is 2.27. The Bertz CT molecular complexity index is 235. The topological polar surface area (TPSA) is 119 Å². The summed E-state index contributed by atoms with van der Waals surface area (Å²) in [4.78, 5) is 10.7. The molecular formula is C8H15NO6. The highest BCUT2D eigenvalue weighted by Gasteiger charge is 2.43. The van der Waals surface area contributed by atoms with Gasteiger partial charge in [0.2, 0.25) is 5.91 Å². The molecule has 88 valence electrons. The van der Waals surface area contributed by atoms with Gasteiger partial charge in [-0.3, -0.25) is 4.79 Å². The number of aliphatic hydroxyl groups excluding tert-OH is 4. The highest BCUT2D eigenvalue weighted by atomic mass is 16.6. The number of aliphatic hydroxyl groups is 4. The molecule has 1 rings (SSSR count). The molecule has 0 spiro atoms. The minimum Gasteiger partial charge on any atom is -0.394 e. The van der Waals surface area contributed by atoms with E-state index < -0.39 is 43.2 Å². The lowest BCUT2D eigenvalue weighted by atomic mass is 9.97. The predicted octanol–water partition coefficient (Wildman–Crippen LogP) is -3.08. The van der Waals surface area contributed by atoms with Crippen LogP contribution in [-0.4, -0.2) is 63.6 Å². The monoisotopic (exact) mass is 221 g/mol. The van der Waals surface area contributed by atoms with Crippen LogP contribution in [0.25, 0.3) is 0 Å². The van der Waals surface area contributed by atoms with E-state index in [0.29, 0.717) is 0 Å². The van der Waals surface area contributed by atoms with Gasteiger partial charge in [0.05, 0.1) is 6.61 Å². The zero-order valence-corrected chi connectivity index (χ0v) is 8.20. The first-order chi connectivity index (χ1) is 6.97. The van der Waals surface area contributed by atoms with Gasteiger partial charge in [0, 0.05) is 6.92 Å². The normalized spacial score (nSPS) is 41.3. The van der Waals surface area contributed by atoms with E-state index >= 15 is 0 Å². The van der Waals surface area contributed by atoms with Crippen LogP contribution >= 0.6 is 0 Å². The van der Waals surface area contributed by atoms with Crippen molar-refractivity contribution >= 4 is 5.91 Å². The van der Waals surface area contributed by atoms with Crippen LogP contribution in [0.4, 0.5) is 0 Å². The molecule has 1 aliphatic heterocycles. The average Bonchev–Trinajstić information content (AvgIpc) is 2.18. The van der Waals surface area contributed by atoms with Gasteiger partial charge in [0.15, 0.2) is 6.29 Å². The summed E-state index contributed by atoms with van der Waals surface area (Å²) in [6.45, 7) is 0.687. The highest BCUT2D eigenvalue weighted by Crippen LogP contribution is 2.19. The van der Waals surface area contributed by atoms with E-state index in [9.17, 15) is 20.1 Å². The summed E-state index contributed by atoms with van der Waals surface area (Å²) in [5.41, 5.74) is 0. The van der Waals surface area contributed by atoms with Crippen molar-refractivity contribution in [3.8, 4) is 0 Å². The maximum Gasteiger partial charge on any atom is 0.217 e. The van der Waals surface area contributed by atoms with Crippen LogP contribution in [0.1, 0.15) is 6.92 Å². The third-order valence-corrected chi connectivity index (χ3v) is 2.27. The van der Waals surface area contributed by atoms with Gasteiger partial charge in [-0.05, 0) is 0 Å². The molecule has 5 atom stereocenters. The minimum absolute atomic E-state index is 0.462. The second kappa shape index (κ2) is 4.86. The van der Waals surface area contributed by atoms with Crippen molar-refractivity contribution in [2.45, 2.75) is 37.6 Å². The third kappa shape index (κ3) is 2.64. The molecule has 7 nitrogen and oxygen atoms in total. The van der Waals surface area contributed by atoms with Gasteiger partial charge in [-0.25, -0.2) is 0 Å². The highest BCUT2D eigenvalue weighted by molar-refractivity contribution is 5.73. The number of carbonyl (C=O) groups excluding carboxylic acids is 1. The van der Waals surface area contributed by atoms with Crippen molar-refractivity contribution in [1.82, 2.24) is 5.32 Å². The molecule has 1 saturated heterocycles. The van der Waals surface area contributed by atoms with Gasteiger partial charge in [-0.1, -0.05) is 0 Å². The van der Waals surface area contributed by atoms with E-state index in [4.69, 9.17) is 9.84 Å². The first-order valence-corrected chi connectivity index (χ1v) is 4.55. The van der Waals surface area contributed by atoms with Crippen molar-refractivity contribution in [2.24, 2.45) is 0 Å². The Morgan fingerprint density at radius 2 is 1.93 bits per heavy atom. The summed E-state index contributed by atoms with van der Waals surface area (Å²) in [6.07, 6.45) is -5.24. The Hall–Kier alpha value is -0.730. The smallest absolute Gasteiger partial charge is 0.217 e. The number of ether oxygens (including phenoxy) is 1. The average molecular weight is 221 g/mol. The van der Waals surface area contributed by atoms with E-state index in [-0.39, 0.29) is 0 Å². The van der Waals surface area contributed by atoms with Crippen LogP contribution in [0.5, 0.6) is 0 Å². The first kappa shape index (κ1) is 12.3. The quantitative estimate of drug-likeness (QED) is 0.337. The van der Waals surface area contributed by atoms with E-state index in [1.807, 2.05) is 0 Å². The summed E-state index contributed by atoms with van der Waals surface area (Å²) >= 11 is 0. The van der Waals surface area contributed by atoms with Crippen molar-refractivity contribution in [3.05, 3.63) is 0 Å². The molecule has 0 aliphatic carbocycles. The van der Waals surface area contributed by atoms with Gasteiger partial charge in [-0.2, -0.15) is 0 Å². The molecule has 1 heterocycles. The second-order valence-corrected chi connectivity index (χ2v) is 3.46. The van der Waals surface area contributed by atoms with E-state index in [1.165, 1.54) is 6.92 Å². The molecular weight excluding hydrogens is 206 g/mol. The Labute approximate surface area is 86.3 Å². The van der Waals surface area contributed by atoms with Gasteiger partial charge in [-0.15, -0.1) is 0 Å². The lowest BCUT2D eigenvalue weighted by Gasteiger charge is -2.40. The Balaban J connectivity index is 2.70. The SMILES string of the molecule is CC(=O)N[C@@H]1[C@@H](O)[C@H](O)C(CO)O[C@H]1O. The van der Waals surface area contributed by atoms with Crippen molar-refractivity contribution in [1.29, 1.82) is 0 Å². The predicted molar refractivity (Wildman–Crippen MR) is 47.6 cm³/mol. The number of nitrogens with one attached hydrogen (secondary N) is 1. The van der Waals surface area contributed by atoms with Crippen LogP contribution in [0.3, 0.4) is 0 Å². The second-order valence-electron chi connectivity index (χ2n) is 3.46. The molecule has 0 bridgehead atoms. The van der Waals surface area contributed by atoms with Gasteiger partial charge in [0.1, 0.15) is 24.4 Å². The molecule has 0 radical (unpaired) electrons. The molecule has 5 N–H and O–H groups in total. The Kier molecular flexibility index (Phi) is 4.00. The van der Waals surface area contributed by atoms with E-state index in [2.05, 4.69) is 5.32 Å². The Morgan fingerprint density at radius 3 is 2.40 bits per heavy atom. The lowest BCUT2D eigenvalue weighted by Crippen LogP contribution is -2.63. The molecule has 1 unspecified atom stereocenters. The number of hydrogen-bond acceptors (Lipinski definition) is 6. The van der Waals surface area contributed by atoms with Crippen LogP contribution in [0, 0.1) is 0 Å². The van der Waals surface area contributed by atoms with E-state index in [0.717, 1.165) is 0 Å². The largest absolute Gasteiger partial charge is 0.394 e. The molecule has 0 saturated carbocycles. The number of rotatable bonds is 2. The fourth-order valence-electron chi connectivity index (χ4n) is 1.49. The molecule has 15 heavy (non-hydrogen) atoms. The maximum absolute atomic E-state index is 10.7. The van der Waals surface area contributed by atoms with E-state index in [1.54, 1.807) is 0 Å².